The molecule has 0 aromatic carbocycles. The molecule has 2 aromatic rings. The molecule has 0 atom stereocenters. The summed E-state index contributed by atoms with van der Waals surface area (Å²) in [5, 5.41) is 8.66. The molecule has 0 aliphatic heterocycles. The minimum absolute atomic E-state index is 0.186. The van der Waals surface area contributed by atoms with E-state index in [9.17, 15) is 4.79 Å². The summed E-state index contributed by atoms with van der Waals surface area (Å²) in [5.74, 6) is 0.317. The quantitative estimate of drug-likeness (QED) is 0.863. The van der Waals surface area contributed by atoms with Crippen LogP contribution in [0.25, 0.3) is 6.08 Å². The molecule has 1 aliphatic carbocycles. The van der Waals surface area contributed by atoms with Crippen LogP contribution in [0.5, 0.6) is 0 Å². The van der Waals surface area contributed by atoms with Gasteiger partial charge in [0.25, 0.3) is 5.91 Å². The average molecular weight is 260 g/mol. The highest BCUT2D eigenvalue weighted by Gasteiger charge is 2.21. The van der Waals surface area contributed by atoms with Gasteiger partial charge in [0.15, 0.2) is 0 Å². The van der Waals surface area contributed by atoms with Crippen LogP contribution < -0.4 is 5.32 Å². The molecule has 0 radical (unpaired) electrons. The molecule has 0 saturated heterocycles. The summed E-state index contributed by atoms with van der Waals surface area (Å²) < 4.78 is 5.13. The Kier molecular flexibility index (Phi) is 2.98. The van der Waals surface area contributed by atoms with E-state index in [0.717, 1.165) is 35.4 Å². The van der Waals surface area contributed by atoms with Crippen molar-refractivity contribution in [2.45, 2.75) is 19.3 Å². The zero-order valence-electron chi connectivity index (χ0n) is 9.68. The number of anilines is 1. The van der Waals surface area contributed by atoms with Crippen LogP contribution in [0.4, 0.5) is 5.88 Å². The topological polar surface area (TPSA) is 55.1 Å². The number of carbonyl (C=O) groups is 1. The highest BCUT2D eigenvalue weighted by molar-refractivity contribution is 7.10. The van der Waals surface area contributed by atoms with Crippen LogP contribution in [0.15, 0.2) is 28.1 Å². The number of aryl methyl sites for hydroxylation is 1. The van der Waals surface area contributed by atoms with Gasteiger partial charge in [0.2, 0.25) is 5.88 Å². The standard InChI is InChI=1S/C13H12N2O2S/c16-12(7-6-9-3-2-8-18-9)14-13-10-4-1-5-11(10)15-17-13/h2-3,6-8H,1,4-5H2,(H,14,16)/b7-6+. The zero-order valence-corrected chi connectivity index (χ0v) is 10.5. The second-order valence-corrected chi connectivity index (χ2v) is 5.11. The van der Waals surface area contributed by atoms with Crippen molar-refractivity contribution in [3.8, 4) is 0 Å². The van der Waals surface area contributed by atoms with E-state index in [0.29, 0.717) is 5.88 Å². The first-order valence-electron chi connectivity index (χ1n) is 5.83. The van der Waals surface area contributed by atoms with Gasteiger partial charge in [0.1, 0.15) is 0 Å². The van der Waals surface area contributed by atoms with Crippen molar-refractivity contribution in [2.24, 2.45) is 0 Å². The number of fused-ring (bicyclic) bond motifs is 1. The predicted molar refractivity (Wildman–Crippen MR) is 70.5 cm³/mol. The number of hydrogen-bond donors (Lipinski definition) is 1. The van der Waals surface area contributed by atoms with E-state index in [1.807, 2.05) is 17.5 Å². The van der Waals surface area contributed by atoms with E-state index < -0.39 is 0 Å². The first kappa shape index (κ1) is 11.2. The molecule has 2 aromatic heterocycles. The Hall–Kier alpha value is -1.88. The summed E-state index contributed by atoms with van der Waals surface area (Å²) >= 11 is 1.59. The number of thiophene rings is 1. The second-order valence-electron chi connectivity index (χ2n) is 4.13. The summed E-state index contributed by atoms with van der Waals surface area (Å²) in [6, 6.07) is 3.91. The Labute approximate surface area is 108 Å². The largest absolute Gasteiger partial charge is 0.338 e. The summed E-state index contributed by atoms with van der Waals surface area (Å²) in [5.41, 5.74) is 2.03. The summed E-state index contributed by atoms with van der Waals surface area (Å²) in [6.07, 6.45) is 6.26. The third-order valence-electron chi connectivity index (χ3n) is 2.89. The molecule has 92 valence electrons. The van der Waals surface area contributed by atoms with Crippen molar-refractivity contribution in [1.29, 1.82) is 0 Å². The van der Waals surface area contributed by atoms with Crippen molar-refractivity contribution in [3.05, 3.63) is 39.7 Å². The third-order valence-corrected chi connectivity index (χ3v) is 3.73. The van der Waals surface area contributed by atoms with Gasteiger partial charge in [-0.1, -0.05) is 11.2 Å². The van der Waals surface area contributed by atoms with Crippen molar-refractivity contribution in [3.63, 3.8) is 0 Å². The van der Waals surface area contributed by atoms with E-state index in [-0.39, 0.29) is 5.91 Å². The van der Waals surface area contributed by atoms with Gasteiger partial charge in [-0.3, -0.25) is 10.1 Å². The number of nitrogens with zero attached hydrogens (tertiary/aromatic N) is 1. The van der Waals surface area contributed by atoms with E-state index in [2.05, 4.69) is 10.5 Å². The van der Waals surface area contributed by atoms with Crippen molar-refractivity contribution in [1.82, 2.24) is 5.16 Å². The zero-order chi connectivity index (χ0) is 12.4. The van der Waals surface area contributed by atoms with E-state index in [1.54, 1.807) is 17.4 Å². The molecule has 0 fully saturated rings. The van der Waals surface area contributed by atoms with Gasteiger partial charge in [0.05, 0.1) is 5.69 Å². The van der Waals surface area contributed by atoms with E-state index in [1.165, 1.54) is 6.08 Å². The van der Waals surface area contributed by atoms with Crippen LogP contribution in [0.1, 0.15) is 22.6 Å². The summed E-state index contributed by atoms with van der Waals surface area (Å²) in [6.45, 7) is 0. The fourth-order valence-corrected chi connectivity index (χ4v) is 2.64. The number of nitrogens with one attached hydrogen (secondary N) is 1. The second kappa shape index (κ2) is 4.78. The SMILES string of the molecule is O=C(/C=C/c1cccs1)Nc1onc2c1CCC2. The molecule has 3 rings (SSSR count). The molecular formula is C13H12N2O2S. The Morgan fingerprint density at radius 1 is 1.50 bits per heavy atom. The first-order valence-corrected chi connectivity index (χ1v) is 6.71. The van der Waals surface area contributed by atoms with Crippen LogP contribution in [0.3, 0.4) is 0 Å². The van der Waals surface area contributed by atoms with Crippen LogP contribution in [-0.2, 0) is 17.6 Å². The predicted octanol–water partition coefficient (Wildman–Crippen LogP) is 2.88. The molecule has 0 bridgehead atoms. The fraction of sp³-hybridized carbons (Fsp3) is 0.231. The molecule has 18 heavy (non-hydrogen) atoms. The van der Waals surface area contributed by atoms with Gasteiger partial charge in [-0.15, -0.1) is 11.3 Å². The van der Waals surface area contributed by atoms with E-state index in [4.69, 9.17) is 4.52 Å². The maximum atomic E-state index is 11.7. The van der Waals surface area contributed by atoms with Gasteiger partial charge < -0.3 is 4.52 Å². The number of hydrogen-bond acceptors (Lipinski definition) is 4. The fourth-order valence-electron chi connectivity index (χ4n) is 2.02. The van der Waals surface area contributed by atoms with Crippen LogP contribution in [-0.4, -0.2) is 11.1 Å². The summed E-state index contributed by atoms with van der Waals surface area (Å²) in [4.78, 5) is 12.8. The van der Waals surface area contributed by atoms with Crippen molar-refractivity contribution >= 4 is 29.2 Å². The number of amides is 1. The Bertz CT molecular complexity index is 584. The van der Waals surface area contributed by atoms with Gasteiger partial charge in [0, 0.05) is 16.5 Å². The molecule has 0 unspecified atom stereocenters. The Morgan fingerprint density at radius 2 is 2.44 bits per heavy atom. The van der Waals surface area contributed by atoms with Crippen molar-refractivity contribution < 1.29 is 9.32 Å². The lowest BCUT2D eigenvalue weighted by Gasteiger charge is -1.97. The third kappa shape index (κ3) is 2.22. The lowest BCUT2D eigenvalue weighted by Crippen LogP contribution is -2.08. The monoisotopic (exact) mass is 260 g/mol. The lowest BCUT2D eigenvalue weighted by molar-refractivity contribution is -0.112. The molecule has 1 N–H and O–H groups in total. The number of aromatic nitrogens is 1. The van der Waals surface area contributed by atoms with Crippen LogP contribution in [0, 0.1) is 0 Å². The maximum Gasteiger partial charge on any atom is 0.250 e. The average Bonchev–Trinajstić information content (AvgIpc) is 3.05. The van der Waals surface area contributed by atoms with Gasteiger partial charge in [-0.25, -0.2) is 0 Å². The molecule has 1 aliphatic rings. The lowest BCUT2D eigenvalue weighted by atomic mass is 10.2. The Morgan fingerprint density at radius 3 is 3.28 bits per heavy atom. The molecule has 1 amide bonds. The molecule has 0 spiro atoms. The van der Waals surface area contributed by atoms with Gasteiger partial charge >= 0.3 is 0 Å². The highest BCUT2D eigenvalue weighted by atomic mass is 32.1. The number of carbonyl (C=O) groups excluding carboxylic acids is 1. The minimum Gasteiger partial charge on any atom is -0.338 e. The van der Waals surface area contributed by atoms with Crippen LogP contribution in [0.2, 0.25) is 0 Å². The van der Waals surface area contributed by atoms with Gasteiger partial charge in [-0.2, -0.15) is 0 Å². The normalized spacial score (nSPS) is 14.0. The van der Waals surface area contributed by atoms with Crippen LogP contribution >= 0.6 is 11.3 Å². The maximum absolute atomic E-state index is 11.7. The Balaban J connectivity index is 1.67. The first-order chi connectivity index (χ1) is 8.83. The van der Waals surface area contributed by atoms with Gasteiger partial charge in [-0.05, 0) is 36.8 Å². The number of rotatable bonds is 3. The molecule has 4 nitrogen and oxygen atoms in total. The van der Waals surface area contributed by atoms with E-state index >= 15 is 0 Å². The molecular weight excluding hydrogens is 248 g/mol. The minimum atomic E-state index is -0.186. The molecule has 5 heteroatoms. The highest BCUT2D eigenvalue weighted by Crippen LogP contribution is 2.28. The smallest absolute Gasteiger partial charge is 0.250 e. The molecule has 0 saturated carbocycles. The summed E-state index contributed by atoms with van der Waals surface area (Å²) in [7, 11) is 0. The van der Waals surface area contributed by atoms with Crippen molar-refractivity contribution in [2.75, 3.05) is 5.32 Å². The molecule has 2 heterocycles.